The van der Waals surface area contributed by atoms with E-state index in [0.717, 1.165) is 46.4 Å². The number of hydrogen-bond donors (Lipinski definition) is 1. The van der Waals surface area contributed by atoms with Crippen LogP contribution in [0.15, 0.2) is 54.7 Å². The van der Waals surface area contributed by atoms with Gasteiger partial charge in [-0.15, -0.1) is 0 Å². The number of methoxy groups -OCH3 is 2. The van der Waals surface area contributed by atoms with Crippen molar-refractivity contribution in [3.05, 3.63) is 66.1 Å². The van der Waals surface area contributed by atoms with Gasteiger partial charge in [-0.3, -0.25) is 4.90 Å². The molecule has 1 saturated heterocycles. The summed E-state index contributed by atoms with van der Waals surface area (Å²) in [5.41, 5.74) is 4.26. The van der Waals surface area contributed by atoms with E-state index in [1.165, 1.54) is 7.11 Å². The minimum atomic E-state index is -0.326. The van der Waals surface area contributed by atoms with Crippen molar-refractivity contribution in [2.24, 2.45) is 0 Å². The number of amides is 1. The first-order valence-corrected chi connectivity index (χ1v) is 11.1. The Labute approximate surface area is 196 Å². The van der Waals surface area contributed by atoms with Gasteiger partial charge in [0.25, 0.3) is 0 Å². The highest BCUT2D eigenvalue weighted by molar-refractivity contribution is 5.83. The van der Waals surface area contributed by atoms with Crippen LogP contribution in [0, 0.1) is 0 Å². The lowest BCUT2D eigenvalue weighted by molar-refractivity contribution is 0.0910. The maximum Gasteiger partial charge on any atom is 0.410 e. The van der Waals surface area contributed by atoms with Crippen LogP contribution in [0.2, 0.25) is 0 Å². The Hall–Kier alpha value is -4.14. The Bertz CT molecular complexity index is 1310. The summed E-state index contributed by atoms with van der Waals surface area (Å²) >= 11 is 0. The second kappa shape index (κ2) is 9.38. The van der Waals surface area contributed by atoms with E-state index in [2.05, 4.69) is 15.0 Å². The highest BCUT2D eigenvalue weighted by Crippen LogP contribution is 2.34. The molecule has 34 heavy (non-hydrogen) atoms. The molecule has 0 unspecified atom stereocenters. The molecule has 0 bridgehead atoms. The molecule has 9 heteroatoms. The number of fused-ring (bicyclic) bond motifs is 1. The number of hydrogen-bond acceptors (Lipinski definition) is 7. The third kappa shape index (κ3) is 4.24. The van der Waals surface area contributed by atoms with Crippen LogP contribution in [0.5, 0.6) is 11.9 Å². The fourth-order valence-corrected chi connectivity index (χ4v) is 4.23. The summed E-state index contributed by atoms with van der Waals surface area (Å²) in [4.78, 5) is 31.2. The summed E-state index contributed by atoms with van der Waals surface area (Å²) in [6.07, 6.45) is 3.07. The maximum absolute atomic E-state index is 12.8. The van der Waals surface area contributed by atoms with E-state index in [1.807, 2.05) is 48.5 Å². The maximum atomic E-state index is 12.8. The molecule has 0 spiro atoms. The average Bonchev–Trinajstić information content (AvgIpc) is 3.54. The van der Waals surface area contributed by atoms with Crippen LogP contribution in [-0.2, 0) is 11.3 Å². The van der Waals surface area contributed by atoms with Crippen molar-refractivity contribution < 1.29 is 19.0 Å². The number of carbonyl (C=O) groups excluding carboxylic acids is 1. The molecule has 0 saturated carbocycles. The summed E-state index contributed by atoms with van der Waals surface area (Å²) in [6.45, 7) is 0.888. The summed E-state index contributed by atoms with van der Waals surface area (Å²) < 4.78 is 16.1. The van der Waals surface area contributed by atoms with Gasteiger partial charge in [-0.1, -0.05) is 36.4 Å². The second-order valence-corrected chi connectivity index (χ2v) is 8.03. The molecule has 1 amide bonds. The van der Waals surface area contributed by atoms with Crippen molar-refractivity contribution in [3.63, 3.8) is 0 Å². The number of imidazole rings is 1. The molecule has 1 atom stereocenters. The van der Waals surface area contributed by atoms with Gasteiger partial charge in [0.15, 0.2) is 0 Å². The largest absolute Gasteiger partial charge is 0.480 e. The topological polar surface area (TPSA) is 102 Å². The van der Waals surface area contributed by atoms with Crippen molar-refractivity contribution in [1.29, 1.82) is 0 Å². The quantitative estimate of drug-likeness (QED) is 0.452. The van der Waals surface area contributed by atoms with Gasteiger partial charge in [0.2, 0.25) is 5.88 Å². The van der Waals surface area contributed by atoms with Crippen LogP contribution in [0.1, 0.15) is 30.3 Å². The Morgan fingerprint density at radius 2 is 1.97 bits per heavy atom. The van der Waals surface area contributed by atoms with Gasteiger partial charge in [0, 0.05) is 12.7 Å². The predicted molar refractivity (Wildman–Crippen MR) is 126 cm³/mol. The fourth-order valence-electron chi connectivity index (χ4n) is 4.23. The lowest BCUT2D eigenvalue weighted by Crippen LogP contribution is -2.31. The normalized spacial score (nSPS) is 15.5. The van der Waals surface area contributed by atoms with Crippen molar-refractivity contribution in [1.82, 2.24) is 24.8 Å². The third-order valence-electron chi connectivity index (χ3n) is 5.93. The molecule has 5 rings (SSSR count). The molecule has 2 aromatic heterocycles. The van der Waals surface area contributed by atoms with E-state index in [1.54, 1.807) is 18.2 Å². The van der Waals surface area contributed by atoms with Gasteiger partial charge in [0.05, 0.1) is 36.9 Å². The molecule has 1 aliphatic rings. The highest BCUT2D eigenvalue weighted by atomic mass is 16.6. The number of likely N-dealkylation sites (tertiary alicyclic amines) is 1. The van der Waals surface area contributed by atoms with E-state index in [4.69, 9.17) is 19.2 Å². The fraction of sp³-hybridized carbons (Fsp3) is 0.280. The molecular weight excluding hydrogens is 434 g/mol. The molecular formula is C25H25N5O4. The SMILES string of the molecule is COc1ncc(-c2ccc3nc([C@@H]4CCCN4C(=O)OCc4ccccc4)[nH]c3c2)c(OC)n1. The van der Waals surface area contributed by atoms with E-state index < -0.39 is 0 Å². The first-order chi connectivity index (χ1) is 16.7. The van der Waals surface area contributed by atoms with Crippen LogP contribution < -0.4 is 9.47 Å². The van der Waals surface area contributed by atoms with Gasteiger partial charge in [-0.25, -0.2) is 14.8 Å². The summed E-state index contributed by atoms with van der Waals surface area (Å²) in [5.74, 6) is 1.17. The van der Waals surface area contributed by atoms with Crippen molar-refractivity contribution in [2.45, 2.75) is 25.5 Å². The van der Waals surface area contributed by atoms with Crippen molar-refractivity contribution in [3.8, 4) is 23.0 Å². The summed E-state index contributed by atoms with van der Waals surface area (Å²) in [5, 5.41) is 0. The molecule has 1 N–H and O–H groups in total. The average molecular weight is 460 g/mol. The first-order valence-electron chi connectivity index (χ1n) is 11.1. The zero-order valence-corrected chi connectivity index (χ0v) is 19.0. The zero-order chi connectivity index (χ0) is 23.5. The van der Waals surface area contributed by atoms with Crippen LogP contribution in [-0.4, -0.2) is 51.7 Å². The number of aromatic nitrogens is 4. The molecule has 0 radical (unpaired) electrons. The Kier molecular flexibility index (Phi) is 5.99. The summed E-state index contributed by atoms with van der Waals surface area (Å²) in [7, 11) is 3.07. The predicted octanol–water partition coefficient (Wildman–Crippen LogP) is 4.51. The monoisotopic (exact) mass is 459 g/mol. The van der Waals surface area contributed by atoms with E-state index in [-0.39, 0.29) is 24.8 Å². The Balaban J connectivity index is 1.37. The number of benzene rings is 2. The van der Waals surface area contributed by atoms with E-state index in [9.17, 15) is 4.79 Å². The molecule has 1 fully saturated rings. The van der Waals surface area contributed by atoms with Gasteiger partial charge in [-0.05, 0) is 36.1 Å². The van der Waals surface area contributed by atoms with E-state index in [0.29, 0.717) is 12.4 Å². The van der Waals surface area contributed by atoms with Gasteiger partial charge < -0.3 is 19.2 Å². The molecule has 0 aliphatic carbocycles. The summed E-state index contributed by atoms with van der Waals surface area (Å²) in [6, 6.07) is 15.6. The molecule has 2 aromatic carbocycles. The van der Waals surface area contributed by atoms with Crippen LogP contribution in [0.25, 0.3) is 22.2 Å². The molecule has 1 aliphatic heterocycles. The zero-order valence-electron chi connectivity index (χ0n) is 19.0. The Morgan fingerprint density at radius 1 is 1.12 bits per heavy atom. The van der Waals surface area contributed by atoms with Gasteiger partial charge in [0.1, 0.15) is 12.4 Å². The number of nitrogens with zero attached hydrogens (tertiary/aromatic N) is 4. The van der Waals surface area contributed by atoms with Crippen molar-refractivity contribution in [2.75, 3.05) is 20.8 Å². The minimum Gasteiger partial charge on any atom is -0.480 e. The molecule has 4 aromatic rings. The lowest BCUT2D eigenvalue weighted by atomic mass is 10.1. The number of aromatic amines is 1. The molecule has 174 valence electrons. The number of H-pyrrole nitrogens is 1. The second-order valence-electron chi connectivity index (χ2n) is 8.03. The smallest absolute Gasteiger partial charge is 0.410 e. The minimum absolute atomic E-state index is 0.155. The first kappa shape index (κ1) is 21.7. The number of carbonyl (C=O) groups is 1. The number of nitrogens with one attached hydrogen (secondary N) is 1. The van der Waals surface area contributed by atoms with Crippen molar-refractivity contribution >= 4 is 17.1 Å². The lowest BCUT2D eigenvalue weighted by Gasteiger charge is -2.22. The van der Waals surface area contributed by atoms with Crippen LogP contribution >= 0.6 is 0 Å². The molecule has 3 heterocycles. The number of rotatable bonds is 6. The Morgan fingerprint density at radius 3 is 2.76 bits per heavy atom. The van der Waals surface area contributed by atoms with E-state index >= 15 is 0 Å². The van der Waals surface area contributed by atoms with Crippen LogP contribution in [0.3, 0.4) is 0 Å². The number of ether oxygens (including phenoxy) is 3. The third-order valence-corrected chi connectivity index (χ3v) is 5.93. The van der Waals surface area contributed by atoms with Gasteiger partial charge >= 0.3 is 12.1 Å². The standard InChI is InChI=1S/C25H25N5O4/c1-32-23-18(14-26-24(29-23)33-2)17-10-11-19-20(13-17)28-22(27-19)21-9-6-12-30(21)25(31)34-15-16-7-4-3-5-8-16/h3-5,7-8,10-11,13-14,21H,6,9,12,15H2,1-2H3,(H,27,28)/t21-/m0/s1. The molecule has 9 nitrogen and oxygen atoms in total. The van der Waals surface area contributed by atoms with Crippen LogP contribution in [0.4, 0.5) is 4.79 Å². The highest BCUT2D eigenvalue weighted by Gasteiger charge is 2.33. The van der Waals surface area contributed by atoms with Gasteiger partial charge in [-0.2, -0.15) is 4.98 Å².